The van der Waals surface area contributed by atoms with Gasteiger partial charge in [0, 0.05) is 29.2 Å². The van der Waals surface area contributed by atoms with Crippen LogP contribution >= 0.6 is 34.8 Å². The molecule has 1 saturated carbocycles. The lowest BCUT2D eigenvalue weighted by molar-refractivity contribution is -0.137. The Balaban J connectivity index is 1.50. The molecule has 0 heterocycles. The number of Topliss-reactive ketones (excluding diaryl/α,β-unsaturated/α-hetero) is 1. The summed E-state index contributed by atoms with van der Waals surface area (Å²) in [5.41, 5.74) is -0.845. The number of amides is 1. The third kappa shape index (κ3) is 5.21. The van der Waals surface area contributed by atoms with E-state index in [9.17, 15) is 31.5 Å². The van der Waals surface area contributed by atoms with Gasteiger partial charge in [-0.1, -0.05) is 29.8 Å². The van der Waals surface area contributed by atoms with Crippen molar-refractivity contribution < 1.29 is 31.5 Å². The van der Waals surface area contributed by atoms with Crippen LogP contribution in [0, 0.1) is 17.6 Å². The minimum absolute atomic E-state index is 0.00725. The zero-order valence-corrected chi connectivity index (χ0v) is 20.2. The first kappa shape index (κ1) is 26.4. The molecule has 0 saturated heterocycles. The molecule has 1 N–H and O–H groups in total. The summed E-state index contributed by atoms with van der Waals surface area (Å²) in [5.74, 6) is -4.83. The van der Waals surface area contributed by atoms with Crippen molar-refractivity contribution in [3.63, 3.8) is 0 Å². The number of benzene rings is 3. The number of hydrogen-bond acceptors (Lipinski definition) is 2. The summed E-state index contributed by atoms with van der Waals surface area (Å²) in [6, 6.07) is 11.4. The van der Waals surface area contributed by atoms with Crippen LogP contribution in [0.15, 0.2) is 60.7 Å². The molecule has 0 bridgehead atoms. The van der Waals surface area contributed by atoms with Crippen molar-refractivity contribution in [2.75, 3.05) is 5.32 Å². The Hall–Kier alpha value is -2.68. The number of anilines is 1. The largest absolute Gasteiger partial charge is 0.416 e. The van der Waals surface area contributed by atoms with Crippen LogP contribution in [0.25, 0.3) is 0 Å². The number of hydrogen-bond donors (Lipinski definition) is 1. The Bertz CT molecular complexity index is 1320. The zero-order chi connectivity index (χ0) is 26.4. The van der Waals surface area contributed by atoms with Gasteiger partial charge >= 0.3 is 6.18 Å². The summed E-state index contributed by atoms with van der Waals surface area (Å²) >= 11 is 18.6. The third-order valence-corrected chi connectivity index (χ3v) is 7.14. The van der Waals surface area contributed by atoms with Gasteiger partial charge < -0.3 is 5.32 Å². The zero-order valence-electron chi connectivity index (χ0n) is 18.0. The van der Waals surface area contributed by atoms with Crippen LogP contribution in [0.1, 0.15) is 33.0 Å². The highest BCUT2D eigenvalue weighted by Gasteiger charge is 2.67. The van der Waals surface area contributed by atoms with E-state index in [0.29, 0.717) is 5.56 Å². The van der Waals surface area contributed by atoms with E-state index in [0.717, 1.165) is 24.3 Å². The standard InChI is InChI=1S/C25H15Cl3F5NO2/c26-17-9-8-14(10-15(17)20(35)11-16-18(29)2-1-3-19(16)30)34-23(36)22-21(24(22,27)28)12-4-6-13(7-5-12)25(31,32)33/h1-10,21-22H,11H2,(H,34,36). The molecule has 3 aromatic carbocycles. The van der Waals surface area contributed by atoms with E-state index < -0.39 is 63.2 Å². The average Bonchev–Trinajstić information content (AvgIpc) is 3.39. The number of halogens is 8. The van der Waals surface area contributed by atoms with Crippen LogP contribution in [0.5, 0.6) is 0 Å². The fourth-order valence-corrected chi connectivity index (χ4v) is 4.99. The van der Waals surface area contributed by atoms with Gasteiger partial charge in [0.05, 0.1) is 16.5 Å². The molecule has 3 aromatic rings. The molecule has 3 nitrogen and oxygen atoms in total. The highest BCUT2D eigenvalue weighted by atomic mass is 35.5. The predicted octanol–water partition coefficient (Wildman–Crippen LogP) is 7.59. The van der Waals surface area contributed by atoms with Crippen molar-refractivity contribution in [3.8, 4) is 0 Å². The van der Waals surface area contributed by atoms with Crippen molar-refractivity contribution in [3.05, 3.63) is 99.6 Å². The lowest BCUT2D eigenvalue weighted by Crippen LogP contribution is -2.17. The van der Waals surface area contributed by atoms with E-state index >= 15 is 0 Å². The van der Waals surface area contributed by atoms with Crippen LogP contribution in [-0.2, 0) is 17.4 Å². The van der Waals surface area contributed by atoms with Crippen molar-refractivity contribution in [2.45, 2.75) is 22.8 Å². The van der Waals surface area contributed by atoms with Crippen LogP contribution in [0.3, 0.4) is 0 Å². The van der Waals surface area contributed by atoms with E-state index in [4.69, 9.17) is 34.8 Å². The molecule has 11 heteroatoms. The van der Waals surface area contributed by atoms with E-state index in [1.807, 2.05) is 0 Å². The average molecular weight is 563 g/mol. The number of alkyl halides is 5. The molecule has 2 atom stereocenters. The Kier molecular flexibility index (Phi) is 7.07. The highest BCUT2D eigenvalue weighted by molar-refractivity contribution is 6.53. The first-order valence-corrected chi connectivity index (χ1v) is 11.6. The molecule has 36 heavy (non-hydrogen) atoms. The molecule has 1 amide bonds. The maximum absolute atomic E-state index is 13.9. The van der Waals surface area contributed by atoms with Gasteiger partial charge in [-0.15, -0.1) is 23.2 Å². The maximum atomic E-state index is 13.9. The van der Waals surface area contributed by atoms with Gasteiger partial charge in [-0.3, -0.25) is 9.59 Å². The smallest absolute Gasteiger partial charge is 0.326 e. The fourth-order valence-electron chi connectivity index (χ4n) is 3.94. The van der Waals surface area contributed by atoms with Crippen LogP contribution < -0.4 is 5.32 Å². The molecule has 188 valence electrons. The summed E-state index contributed by atoms with van der Waals surface area (Å²) in [4.78, 5) is 25.6. The molecule has 4 rings (SSSR count). The van der Waals surface area contributed by atoms with E-state index in [1.54, 1.807) is 0 Å². The van der Waals surface area contributed by atoms with E-state index in [-0.39, 0.29) is 16.3 Å². The topological polar surface area (TPSA) is 46.2 Å². The molecule has 0 radical (unpaired) electrons. The van der Waals surface area contributed by atoms with Gasteiger partial charge in [-0.25, -0.2) is 8.78 Å². The predicted molar refractivity (Wildman–Crippen MR) is 127 cm³/mol. The summed E-state index contributed by atoms with van der Waals surface area (Å²) in [5, 5.41) is 2.56. The normalized spacial score (nSPS) is 18.6. The molecule has 0 aliphatic heterocycles. The van der Waals surface area contributed by atoms with Crippen molar-refractivity contribution in [1.82, 2.24) is 0 Å². The molecular weight excluding hydrogens is 548 g/mol. The molecule has 1 fully saturated rings. The minimum Gasteiger partial charge on any atom is -0.326 e. The quantitative estimate of drug-likeness (QED) is 0.191. The second-order valence-corrected chi connectivity index (χ2v) is 10.1. The molecular formula is C25H15Cl3F5NO2. The summed E-state index contributed by atoms with van der Waals surface area (Å²) < 4.78 is 64.8. The maximum Gasteiger partial charge on any atom is 0.416 e. The van der Waals surface area contributed by atoms with Gasteiger partial charge in [0.2, 0.25) is 5.91 Å². The second-order valence-electron chi connectivity index (χ2n) is 8.23. The number of ketones is 1. The van der Waals surface area contributed by atoms with Crippen molar-refractivity contribution in [2.24, 2.45) is 5.92 Å². The summed E-state index contributed by atoms with van der Waals surface area (Å²) in [6.07, 6.45) is -5.11. The van der Waals surface area contributed by atoms with Crippen LogP contribution in [0.2, 0.25) is 5.02 Å². The fraction of sp³-hybridized carbons (Fsp3) is 0.200. The van der Waals surface area contributed by atoms with Crippen molar-refractivity contribution >= 4 is 52.2 Å². The van der Waals surface area contributed by atoms with Gasteiger partial charge in [0.25, 0.3) is 0 Å². The molecule has 0 spiro atoms. The highest BCUT2D eigenvalue weighted by Crippen LogP contribution is 2.65. The number of carbonyl (C=O) groups excluding carboxylic acids is 2. The van der Waals surface area contributed by atoms with Crippen LogP contribution in [-0.4, -0.2) is 16.0 Å². The third-order valence-electron chi connectivity index (χ3n) is 5.87. The first-order valence-electron chi connectivity index (χ1n) is 10.4. The number of carbonyl (C=O) groups is 2. The number of nitrogens with one attached hydrogen (secondary N) is 1. The second kappa shape index (κ2) is 9.65. The molecule has 1 aliphatic carbocycles. The Morgan fingerprint density at radius 2 is 1.56 bits per heavy atom. The minimum atomic E-state index is -4.51. The van der Waals surface area contributed by atoms with Gasteiger partial charge in [0.1, 0.15) is 16.0 Å². The first-order chi connectivity index (χ1) is 16.8. The van der Waals surface area contributed by atoms with Crippen molar-refractivity contribution in [1.29, 1.82) is 0 Å². The SMILES string of the molecule is O=C(Cc1c(F)cccc1F)c1cc(NC(=O)C2C(c3ccc(C(F)(F)F)cc3)C2(Cl)Cl)ccc1Cl. The van der Waals surface area contributed by atoms with Gasteiger partial charge in [-0.2, -0.15) is 13.2 Å². The van der Waals surface area contributed by atoms with Gasteiger partial charge in [-0.05, 0) is 48.0 Å². The lowest BCUT2D eigenvalue weighted by Gasteiger charge is -2.10. The Morgan fingerprint density at radius 1 is 0.944 bits per heavy atom. The van der Waals surface area contributed by atoms with E-state index in [2.05, 4.69) is 5.32 Å². The molecule has 0 aromatic heterocycles. The number of rotatable bonds is 6. The Labute approximate surface area is 217 Å². The lowest BCUT2D eigenvalue weighted by atomic mass is 10.0. The summed E-state index contributed by atoms with van der Waals surface area (Å²) in [7, 11) is 0. The summed E-state index contributed by atoms with van der Waals surface area (Å²) in [6.45, 7) is 0. The van der Waals surface area contributed by atoms with E-state index in [1.165, 1.54) is 36.4 Å². The molecule has 1 aliphatic rings. The van der Waals surface area contributed by atoms with Crippen LogP contribution in [0.4, 0.5) is 27.6 Å². The van der Waals surface area contributed by atoms with Gasteiger partial charge in [0.15, 0.2) is 5.78 Å². The monoisotopic (exact) mass is 561 g/mol. The Morgan fingerprint density at radius 3 is 2.14 bits per heavy atom. The molecule has 2 unspecified atom stereocenters.